The van der Waals surface area contributed by atoms with Crippen molar-refractivity contribution in [3.05, 3.63) is 58.7 Å². The normalized spacial score (nSPS) is 10.2. The highest BCUT2D eigenvalue weighted by Crippen LogP contribution is 2.28. The number of benzene rings is 2. The number of rotatable bonds is 5. The molecule has 0 amide bonds. The molecule has 104 valence electrons. The minimum absolute atomic E-state index is 0.476. The SMILES string of the molecule is COc1cc(C=O)ccc1OCc1cccc(C)c1C. The number of carbonyl (C=O) groups is 1. The van der Waals surface area contributed by atoms with Gasteiger partial charge >= 0.3 is 0 Å². The van der Waals surface area contributed by atoms with Crippen LogP contribution < -0.4 is 9.47 Å². The van der Waals surface area contributed by atoms with Gasteiger partial charge in [-0.2, -0.15) is 0 Å². The lowest BCUT2D eigenvalue weighted by molar-refractivity contribution is 0.112. The number of aryl methyl sites for hydroxylation is 1. The lowest BCUT2D eigenvalue weighted by atomic mass is 10.0. The molecule has 0 unspecified atom stereocenters. The molecule has 0 heterocycles. The summed E-state index contributed by atoms with van der Waals surface area (Å²) in [5.41, 5.74) is 4.19. The molecule has 0 atom stereocenters. The molecule has 2 rings (SSSR count). The Bertz CT molecular complexity index is 618. The average Bonchev–Trinajstić information content (AvgIpc) is 2.48. The number of hydrogen-bond donors (Lipinski definition) is 0. The molecule has 0 N–H and O–H groups in total. The van der Waals surface area contributed by atoms with Crippen LogP contribution in [-0.2, 0) is 6.61 Å². The quantitative estimate of drug-likeness (QED) is 0.777. The van der Waals surface area contributed by atoms with Crippen molar-refractivity contribution in [1.29, 1.82) is 0 Å². The van der Waals surface area contributed by atoms with E-state index in [1.165, 1.54) is 11.1 Å². The molecule has 3 nitrogen and oxygen atoms in total. The van der Waals surface area contributed by atoms with Crippen LogP contribution in [0.25, 0.3) is 0 Å². The maximum atomic E-state index is 10.8. The second-order valence-corrected chi connectivity index (χ2v) is 4.68. The van der Waals surface area contributed by atoms with E-state index in [4.69, 9.17) is 9.47 Å². The van der Waals surface area contributed by atoms with Gasteiger partial charge < -0.3 is 9.47 Å². The van der Waals surface area contributed by atoms with Crippen molar-refractivity contribution < 1.29 is 14.3 Å². The van der Waals surface area contributed by atoms with E-state index in [0.29, 0.717) is 23.7 Å². The molecular formula is C17H18O3. The number of ether oxygens (including phenoxy) is 2. The third-order valence-corrected chi connectivity index (χ3v) is 3.42. The van der Waals surface area contributed by atoms with Crippen LogP contribution in [-0.4, -0.2) is 13.4 Å². The van der Waals surface area contributed by atoms with Crippen LogP contribution in [0.15, 0.2) is 36.4 Å². The summed E-state index contributed by atoms with van der Waals surface area (Å²) in [6, 6.07) is 11.3. The molecule has 0 radical (unpaired) electrons. The van der Waals surface area contributed by atoms with E-state index in [1.54, 1.807) is 25.3 Å². The van der Waals surface area contributed by atoms with E-state index < -0.39 is 0 Å². The van der Waals surface area contributed by atoms with Crippen molar-refractivity contribution in [3.63, 3.8) is 0 Å². The van der Waals surface area contributed by atoms with E-state index in [0.717, 1.165) is 11.8 Å². The predicted octanol–water partition coefficient (Wildman–Crippen LogP) is 3.70. The van der Waals surface area contributed by atoms with Crippen LogP contribution in [0.5, 0.6) is 11.5 Å². The summed E-state index contributed by atoms with van der Waals surface area (Å²) in [4.78, 5) is 10.8. The summed E-state index contributed by atoms with van der Waals surface area (Å²) in [7, 11) is 1.56. The first-order chi connectivity index (χ1) is 9.65. The number of methoxy groups -OCH3 is 1. The Hall–Kier alpha value is -2.29. The zero-order valence-electron chi connectivity index (χ0n) is 12.0. The van der Waals surface area contributed by atoms with Gasteiger partial charge in [0.1, 0.15) is 12.9 Å². The van der Waals surface area contributed by atoms with Gasteiger partial charge in [-0.05, 0) is 48.7 Å². The first-order valence-corrected chi connectivity index (χ1v) is 6.47. The van der Waals surface area contributed by atoms with Crippen molar-refractivity contribution in [2.24, 2.45) is 0 Å². The Balaban J connectivity index is 2.18. The first-order valence-electron chi connectivity index (χ1n) is 6.47. The maximum absolute atomic E-state index is 10.8. The van der Waals surface area contributed by atoms with Crippen LogP contribution in [0.4, 0.5) is 0 Å². The zero-order valence-corrected chi connectivity index (χ0v) is 12.0. The van der Waals surface area contributed by atoms with Gasteiger partial charge in [0.25, 0.3) is 0 Å². The molecule has 0 saturated carbocycles. The lowest BCUT2D eigenvalue weighted by Crippen LogP contribution is -2.01. The van der Waals surface area contributed by atoms with Crippen LogP contribution in [0.3, 0.4) is 0 Å². The second kappa shape index (κ2) is 6.24. The fourth-order valence-corrected chi connectivity index (χ4v) is 2.00. The first kappa shape index (κ1) is 14.1. The number of carbonyl (C=O) groups excluding carboxylic acids is 1. The van der Waals surface area contributed by atoms with E-state index in [1.807, 2.05) is 6.07 Å². The summed E-state index contributed by atoms with van der Waals surface area (Å²) in [5.74, 6) is 1.21. The van der Waals surface area contributed by atoms with Crippen LogP contribution in [0.1, 0.15) is 27.0 Å². The van der Waals surface area contributed by atoms with Crippen LogP contribution in [0, 0.1) is 13.8 Å². The zero-order chi connectivity index (χ0) is 14.5. The maximum Gasteiger partial charge on any atom is 0.161 e. The van der Waals surface area contributed by atoms with Gasteiger partial charge in [-0.25, -0.2) is 0 Å². The molecule has 0 bridgehead atoms. The molecule has 3 heteroatoms. The molecular weight excluding hydrogens is 252 g/mol. The van der Waals surface area contributed by atoms with Gasteiger partial charge in [0, 0.05) is 5.56 Å². The molecule has 0 fully saturated rings. The minimum atomic E-state index is 0.476. The molecule has 0 aliphatic carbocycles. The molecule has 0 spiro atoms. The third kappa shape index (κ3) is 2.99. The van der Waals surface area contributed by atoms with E-state index in [2.05, 4.69) is 26.0 Å². The molecule has 2 aromatic rings. The topological polar surface area (TPSA) is 35.5 Å². The molecule has 0 aliphatic rings. The fraction of sp³-hybridized carbons (Fsp3) is 0.235. The predicted molar refractivity (Wildman–Crippen MR) is 78.6 cm³/mol. The minimum Gasteiger partial charge on any atom is -0.493 e. The lowest BCUT2D eigenvalue weighted by Gasteiger charge is -2.13. The Kier molecular flexibility index (Phi) is 4.41. The molecule has 0 aromatic heterocycles. The van der Waals surface area contributed by atoms with Crippen molar-refractivity contribution in [1.82, 2.24) is 0 Å². The van der Waals surface area contributed by atoms with Crippen LogP contribution >= 0.6 is 0 Å². The smallest absolute Gasteiger partial charge is 0.161 e. The van der Waals surface area contributed by atoms with Gasteiger partial charge in [0.2, 0.25) is 0 Å². The van der Waals surface area contributed by atoms with E-state index in [9.17, 15) is 4.79 Å². The van der Waals surface area contributed by atoms with E-state index in [-0.39, 0.29) is 0 Å². The summed E-state index contributed by atoms with van der Waals surface area (Å²) in [5, 5.41) is 0. The fourth-order valence-electron chi connectivity index (χ4n) is 2.00. The molecule has 20 heavy (non-hydrogen) atoms. The highest BCUT2D eigenvalue weighted by atomic mass is 16.5. The van der Waals surface area contributed by atoms with Gasteiger partial charge in [-0.3, -0.25) is 4.79 Å². The highest BCUT2D eigenvalue weighted by molar-refractivity contribution is 5.76. The largest absolute Gasteiger partial charge is 0.493 e. The Morgan fingerprint density at radius 1 is 1.10 bits per heavy atom. The van der Waals surface area contributed by atoms with Crippen LogP contribution in [0.2, 0.25) is 0 Å². The third-order valence-electron chi connectivity index (χ3n) is 3.42. The molecule has 2 aromatic carbocycles. The number of aldehydes is 1. The summed E-state index contributed by atoms with van der Waals surface area (Å²) >= 11 is 0. The molecule has 0 saturated heterocycles. The van der Waals surface area contributed by atoms with Crippen molar-refractivity contribution in [3.8, 4) is 11.5 Å². The van der Waals surface area contributed by atoms with Gasteiger partial charge in [0.05, 0.1) is 7.11 Å². The average molecular weight is 270 g/mol. The Morgan fingerprint density at radius 2 is 1.90 bits per heavy atom. The van der Waals surface area contributed by atoms with Gasteiger partial charge in [0.15, 0.2) is 11.5 Å². The van der Waals surface area contributed by atoms with Crippen molar-refractivity contribution >= 4 is 6.29 Å². The number of hydrogen-bond acceptors (Lipinski definition) is 3. The van der Waals surface area contributed by atoms with Crippen molar-refractivity contribution in [2.45, 2.75) is 20.5 Å². The summed E-state index contributed by atoms with van der Waals surface area (Å²) in [6.07, 6.45) is 0.789. The Morgan fingerprint density at radius 3 is 2.60 bits per heavy atom. The van der Waals surface area contributed by atoms with E-state index >= 15 is 0 Å². The highest BCUT2D eigenvalue weighted by Gasteiger charge is 2.07. The molecule has 0 aliphatic heterocycles. The summed E-state index contributed by atoms with van der Waals surface area (Å²) in [6.45, 7) is 4.64. The monoisotopic (exact) mass is 270 g/mol. The Labute approximate surface area is 119 Å². The van der Waals surface area contributed by atoms with Gasteiger partial charge in [-0.1, -0.05) is 18.2 Å². The van der Waals surface area contributed by atoms with Crippen molar-refractivity contribution in [2.75, 3.05) is 7.11 Å². The van der Waals surface area contributed by atoms with Gasteiger partial charge in [-0.15, -0.1) is 0 Å². The standard InChI is InChI=1S/C17H18O3/c1-12-5-4-6-15(13(12)2)11-20-16-8-7-14(10-18)9-17(16)19-3/h4-10H,11H2,1-3H3. The second-order valence-electron chi connectivity index (χ2n) is 4.68. The summed E-state index contributed by atoms with van der Waals surface area (Å²) < 4.78 is 11.1.